The van der Waals surface area contributed by atoms with Gasteiger partial charge in [-0.25, -0.2) is 4.98 Å². The topological polar surface area (TPSA) is 57.3 Å². The van der Waals surface area contributed by atoms with Crippen LogP contribution in [0, 0.1) is 6.92 Å². The van der Waals surface area contributed by atoms with E-state index in [0.717, 1.165) is 30.8 Å². The van der Waals surface area contributed by atoms with E-state index < -0.39 is 6.04 Å². The summed E-state index contributed by atoms with van der Waals surface area (Å²) in [5.74, 6) is 0.478. The number of nitrogens with zero attached hydrogens (tertiary/aromatic N) is 2. The van der Waals surface area contributed by atoms with Gasteiger partial charge >= 0.3 is 0 Å². The molecule has 5 heteroatoms. The highest BCUT2D eigenvalue weighted by Crippen LogP contribution is 2.21. The minimum Gasteiger partial charge on any atom is -0.370 e. The lowest BCUT2D eigenvalue weighted by Gasteiger charge is -2.20. The first-order valence-corrected chi connectivity index (χ1v) is 11.0. The number of benzene rings is 2. The molecule has 2 aromatic carbocycles. The Balaban J connectivity index is 1.40. The summed E-state index contributed by atoms with van der Waals surface area (Å²) in [7, 11) is 0. The third kappa shape index (κ3) is 5.70. The molecule has 0 spiro atoms. The lowest BCUT2D eigenvalue weighted by molar-refractivity contribution is -0.118. The second-order valence-corrected chi connectivity index (χ2v) is 8.12. The van der Waals surface area contributed by atoms with Crippen LogP contribution >= 0.6 is 0 Å². The molecule has 0 bridgehead atoms. The Labute approximate surface area is 184 Å². The molecule has 4 rings (SSSR count). The van der Waals surface area contributed by atoms with Crippen LogP contribution in [-0.2, 0) is 11.2 Å². The van der Waals surface area contributed by atoms with Crippen molar-refractivity contribution in [1.82, 2.24) is 10.3 Å². The van der Waals surface area contributed by atoms with Crippen molar-refractivity contribution in [2.75, 3.05) is 29.9 Å². The zero-order valence-electron chi connectivity index (χ0n) is 18.1. The molecule has 1 fully saturated rings. The molecule has 1 amide bonds. The second kappa shape index (κ2) is 10.2. The van der Waals surface area contributed by atoms with Crippen LogP contribution in [0.25, 0.3) is 0 Å². The summed E-state index contributed by atoms with van der Waals surface area (Å²) >= 11 is 0. The fraction of sp³-hybridized carbons (Fsp3) is 0.308. The van der Waals surface area contributed by atoms with Gasteiger partial charge < -0.3 is 15.5 Å². The van der Waals surface area contributed by atoms with E-state index >= 15 is 0 Å². The molecule has 0 unspecified atom stereocenters. The number of aryl methyl sites for hydroxylation is 1. The van der Waals surface area contributed by atoms with Crippen LogP contribution in [0.3, 0.4) is 0 Å². The van der Waals surface area contributed by atoms with Gasteiger partial charge in [0, 0.05) is 19.6 Å². The molecular formula is C26H30N4O. The highest BCUT2D eigenvalue weighted by molar-refractivity contribution is 5.94. The largest absolute Gasteiger partial charge is 0.370 e. The standard InChI is InChI=1S/C26H30N4O/c1-20-9-11-21(12-10-20)15-16-27-25(22-7-3-2-4-8-22)26(31)29-24-14-13-23(19-28-24)30-17-5-6-18-30/h2-4,7-14,19,25,27H,5-6,15-18H2,1H3,(H,28,29,31)/t25-/m1/s1. The quantitative estimate of drug-likeness (QED) is 0.570. The van der Waals surface area contributed by atoms with Gasteiger partial charge in [-0.15, -0.1) is 0 Å². The highest BCUT2D eigenvalue weighted by atomic mass is 16.2. The number of aromatic nitrogens is 1. The van der Waals surface area contributed by atoms with Gasteiger partial charge in [0.15, 0.2) is 0 Å². The number of pyridine rings is 1. The predicted molar refractivity (Wildman–Crippen MR) is 126 cm³/mol. The number of nitrogens with one attached hydrogen (secondary N) is 2. The lowest BCUT2D eigenvalue weighted by Crippen LogP contribution is -2.34. The van der Waals surface area contributed by atoms with E-state index in [2.05, 4.69) is 51.7 Å². The molecule has 1 aliphatic rings. The molecule has 160 valence electrons. The van der Waals surface area contributed by atoms with Crippen molar-refractivity contribution in [1.29, 1.82) is 0 Å². The van der Waals surface area contributed by atoms with Crippen molar-refractivity contribution in [2.24, 2.45) is 0 Å². The van der Waals surface area contributed by atoms with Gasteiger partial charge in [0.2, 0.25) is 5.91 Å². The van der Waals surface area contributed by atoms with Crippen LogP contribution in [0.15, 0.2) is 72.9 Å². The van der Waals surface area contributed by atoms with Crippen molar-refractivity contribution in [3.63, 3.8) is 0 Å². The maximum atomic E-state index is 13.1. The van der Waals surface area contributed by atoms with Gasteiger partial charge in [0.05, 0.1) is 11.9 Å². The van der Waals surface area contributed by atoms with Crippen LogP contribution in [0.5, 0.6) is 0 Å². The van der Waals surface area contributed by atoms with Crippen LogP contribution in [0.2, 0.25) is 0 Å². The molecule has 0 saturated carbocycles. The molecule has 1 aliphatic heterocycles. The Morgan fingerprint density at radius 3 is 2.42 bits per heavy atom. The Kier molecular flexibility index (Phi) is 6.95. The van der Waals surface area contributed by atoms with Gasteiger partial charge in [0.25, 0.3) is 0 Å². The maximum Gasteiger partial charge on any atom is 0.247 e. The van der Waals surface area contributed by atoms with Gasteiger partial charge in [0.1, 0.15) is 11.9 Å². The van der Waals surface area contributed by atoms with Crippen molar-refractivity contribution in [3.8, 4) is 0 Å². The monoisotopic (exact) mass is 414 g/mol. The third-order valence-electron chi connectivity index (χ3n) is 5.75. The second-order valence-electron chi connectivity index (χ2n) is 8.12. The SMILES string of the molecule is Cc1ccc(CCN[C@@H](C(=O)Nc2ccc(N3CCCC3)cn2)c2ccccc2)cc1. The van der Waals surface area contributed by atoms with Gasteiger partial charge in [-0.05, 0) is 49.4 Å². The molecule has 1 aromatic heterocycles. The number of hydrogen-bond acceptors (Lipinski definition) is 4. The zero-order valence-corrected chi connectivity index (χ0v) is 18.1. The van der Waals surface area contributed by atoms with Crippen molar-refractivity contribution < 1.29 is 4.79 Å². The molecule has 2 N–H and O–H groups in total. The van der Waals surface area contributed by atoms with E-state index in [1.54, 1.807) is 0 Å². The smallest absolute Gasteiger partial charge is 0.247 e. The summed E-state index contributed by atoms with van der Waals surface area (Å²) in [6.07, 6.45) is 5.17. The minimum atomic E-state index is -0.438. The first kappa shape index (κ1) is 21.1. The fourth-order valence-corrected chi connectivity index (χ4v) is 3.94. The Bertz CT molecular complexity index is 965. The molecule has 0 radical (unpaired) electrons. The van der Waals surface area contributed by atoms with Gasteiger partial charge in [-0.1, -0.05) is 60.2 Å². The number of carbonyl (C=O) groups is 1. The average Bonchev–Trinajstić information content (AvgIpc) is 3.34. The third-order valence-corrected chi connectivity index (χ3v) is 5.75. The highest BCUT2D eigenvalue weighted by Gasteiger charge is 2.20. The van der Waals surface area contributed by atoms with Gasteiger partial charge in [-0.3, -0.25) is 4.79 Å². The number of hydrogen-bond donors (Lipinski definition) is 2. The average molecular weight is 415 g/mol. The summed E-state index contributed by atoms with van der Waals surface area (Å²) in [6, 6.07) is 21.8. The molecule has 1 atom stereocenters. The number of anilines is 2. The zero-order chi connectivity index (χ0) is 21.5. The predicted octanol–water partition coefficient (Wildman–Crippen LogP) is 4.50. The normalized spacial score (nSPS) is 14.4. The van der Waals surface area contributed by atoms with Crippen LogP contribution in [0.4, 0.5) is 11.5 Å². The summed E-state index contributed by atoms with van der Waals surface area (Å²) in [4.78, 5) is 19.9. The fourth-order valence-electron chi connectivity index (χ4n) is 3.94. The lowest BCUT2D eigenvalue weighted by atomic mass is 10.1. The van der Waals surface area contributed by atoms with E-state index in [0.29, 0.717) is 12.4 Å². The van der Waals surface area contributed by atoms with Crippen molar-refractivity contribution in [2.45, 2.75) is 32.2 Å². The minimum absolute atomic E-state index is 0.100. The van der Waals surface area contributed by atoms with E-state index in [-0.39, 0.29) is 5.91 Å². The molecular weight excluding hydrogens is 384 g/mol. The summed E-state index contributed by atoms with van der Waals surface area (Å²) in [5, 5.41) is 6.41. The first-order chi connectivity index (χ1) is 15.2. The first-order valence-electron chi connectivity index (χ1n) is 11.0. The number of rotatable bonds is 8. The van der Waals surface area contributed by atoms with E-state index in [9.17, 15) is 4.79 Å². The number of carbonyl (C=O) groups excluding carboxylic acids is 1. The maximum absolute atomic E-state index is 13.1. The van der Waals surface area contributed by atoms with E-state index in [1.807, 2.05) is 48.7 Å². The molecule has 3 aromatic rings. The Morgan fingerprint density at radius 1 is 1.00 bits per heavy atom. The summed E-state index contributed by atoms with van der Waals surface area (Å²) in [5.41, 5.74) is 4.56. The van der Waals surface area contributed by atoms with E-state index in [1.165, 1.54) is 24.0 Å². The van der Waals surface area contributed by atoms with Crippen molar-refractivity contribution >= 4 is 17.4 Å². The van der Waals surface area contributed by atoms with Crippen molar-refractivity contribution in [3.05, 3.63) is 89.6 Å². The van der Waals surface area contributed by atoms with E-state index in [4.69, 9.17) is 0 Å². The Morgan fingerprint density at radius 2 is 1.74 bits per heavy atom. The molecule has 5 nitrogen and oxygen atoms in total. The van der Waals surface area contributed by atoms with Crippen LogP contribution in [-0.4, -0.2) is 30.5 Å². The molecule has 2 heterocycles. The molecule has 1 saturated heterocycles. The van der Waals surface area contributed by atoms with Crippen LogP contribution < -0.4 is 15.5 Å². The number of amides is 1. The van der Waals surface area contributed by atoms with Gasteiger partial charge in [-0.2, -0.15) is 0 Å². The summed E-state index contributed by atoms with van der Waals surface area (Å²) in [6.45, 7) is 4.95. The molecule has 0 aliphatic carbocycles. The summed E-state index contributed by atoms with van der Waals surface area (Å²) < 4.78 is 0. The Hall–Kier alpha value is -3.18. The molecule has 31 heavy (non-hydrogen) atoms. The van der Waals surface area contributed by atoms with Crippen LogP contribution in [0.1, 0.15) is 35.6 Å².